The average Bonchev–Trinajstić information content (AvgIpc) is 2.94. The second-order valence-corrected chi connectivity index (χ2v) is 8.23. The van der Waals surface area contributed by atoms with E-state index in [0.29, 0.717) is 46.5 Å². The molecule has 1 aliphatic heterocycles. The predicted molar refractivity (Wildman–Crippen MR) is 138 cm³/mol. The van der Waals surface area contributed by atoms with E-state index in [-0.39, 0.29) is 0 Å². The third kappa shape index (κ3) is 5.58. The van der Waals surface area contributed by atoms with Gasteiger partial charge in [-0.05, 0) is 23.8 Å². The fourth-order valence-electron chi connectivity index (χ4n) is 4.29. The van der Waals surface area contributed by atoms with Crippen molar-refractivity contribution in [2.24, 2.45) is 0 Å². The van der Waals surface area contributed by atoms with Gasteiger partial charge in [0.25, 0.3) is 0 Å². The quantitative estimate of drug-likeness (QED) is 0.295. The third-order valence-corrected chi connectivity index (χ3v) is 6.09. The van der Waals surface area contributed by atoms with Crippen molar-refractivity contribution >= 4 is 12.0 Å². The lowest BCUT2D eigenvalue weighted by atomic mass is 9.93. The first-order valence-corrected chi connectivity index (χ1v) is 11.7. The molecule has 0 saturated heterocycles. The number of rotatable bonds is 9. The summed E-state index contributed by atoms with van der Waals surface area (Å²) in [6, 6.07) is 16.7. The van der Waals surface area contributed by atoms with Crippen LogP contribution in [0.15, 0.2) is 60.7 Å². The molecule has 0 aliphatic carbocycles. The van der Waals surface area contributed by atoms with Crippen LogP contribution in [-0.4, -0.2) is 47.6 Å². The summed E-state index contributed by atoms with van der Waals surface area (Å²) in [7, 11) is 7.77. The molecule has 1 aliphatic rings. The molecule has 194 valence electrons. The Morgan fingerprint density at radius 2 is 1.51 bits per heavy atom. The molecule has 0 fully saturated rings. The first-order chi connectivity index (χ1) is 18.0. The van der Waals surface area contributed by atoms with E-state index in [0.717, 1.165) is 11.1 Å². The molecule has 37 heavy (non-hydrogen) atoms. The highest BCUT2D eigenvalue weighted by molar-refractivity contribution is 5.87. The summed E-state index contributed by atoms with van der Waals surface area (Å²) in [5.41, 5.74) is 2.35. The number of fused-ring (bicyclic) bond motifs is 1. The summed E-state index contributed by atoms with van der Waals surface area (Å²) in [4.78, 5) is 12.9. The molecule has 0 unspecified atom stereocenters. The van der Waals surface area contributed by atoms with Gasteiger partial charge in [0.2, 0.25) is 5.75 Å². The van der Waals surface area contributed by atoms with Gasteiger partial charge < -0.3 is 33.2 Å². The largest absolute Gasteiger partial charge is 0.496 e. The van der Waals surface area contributed by atoms with Gasteiger partial charge in [0.15, 0.2) is 17.6 Å². The zero-order valence-electron chi connectivity index (χ0n) is 21.5. The molecule has 4 rings (SSSR count). The van der Waals surface area contributed by atoms with Crippen LogP contribution in [0.1, 0.15) is 22.8 Å². The number of esters is 1. The number of methoxy groups -OCH3 is 5. The number of carbonyl (C=O) groups is 1. The van der Waals surface area contributed by atoms with E-state index in [4.69, 9.17) is 33.2 Å². The van der Waals surface area contributed by atoms with Gasteiger partial charge in [-0.15, -0.1) is 0 Å². The first-order valence-electron chi connectivity index (χ1n) is 11.7. The van der Waals surface area contributed by atoms with Gasteiger partial charge >= 0.3 is 5.97 Å². The van der Waals surface area contributed by atoms with Gasteiger partial charge in [0.05, 0.1) is 35.5 Å². The maximum Gasteiger partial charge on any atom is 0.331 e. The van der Waals surface area contributed by atoms with E-state index in [9.17, 15) is 4.79 Å². The molecule has 0 saturated carbocycles. The second-order valence-electron chi connectivity index (χ2n) is 8.23. The molecule has 3 aromatic carbocycles. The molecule has 8 nitrogen and oxygen atoms in total. The lowest BCUT2D eigenvalue weighted by Gasteiger charge is -2.34. The number of hydrogen-bond acceptors (Lipinski definition) is 8. The van der Waals surface area contributed by atoms with Crippen molar-refractivity contribution < 1.29 is 38.0 Å². The standard InChI is InChI=1S/C29H30O8/c1-31-20-15-22(32-2)21-17-26(36-27(30)12-11-18-9-7-6-8-10-18)28(37-23(21)16-20)19-13-24(33-3)29(35-5)25(14-19)34-4/h6-16,26,28H,17H2,1-5H3/b12-11+/t26-,28-/m1/s1. The molecule has 0 bridgehead atoms. The summed E-state index contributed by atoms with van der Waals surface area (Å²) < 4.78 is 39.9. The Hall–Kier alpha value is -4.33. The fraction of sp³-hybridized carbons (Fsp3) is 0.276. The summed E-state index contributed by atoms with van der Waals surface area (Å²) in [6.07, 6.45) is 2.12. The molecule has 0 N–H and O–H groups in total. The van der Waals surface area contributed by atoms with Gasteiger partial charge in [-0.1, -0.05) is 30.3 Å². The SMILES string of the molecule is COc1cc(OC)c2c(c1)O[C@H](c1cc(OC)c(OC)c(OC)c1)[C@H](OC(=O)/C=C/c1ccccc1)C2. The molecule has 0 aromatic heterocycles. The Kier molecular flexibility index (Phi) is 8.08. The summed E-state index contributed by atoms with van der Waals surface area (Å²) in [5.74, 6) is 2.62. The molecule has 0 spiro atoms. The van der Waals surface area contributed by atoms with Gasteiger partial charge in [0, 0.05) is 35.8 Å². The molecule has 8 heteroatoms. The molecule has 2 atom stereocenters. The van der Waals surface area contributed by atoms with Gasteiger partial charge in [-0.25, -0.2) is 4.79 Å². The lowest BCUT2D eigenvalue weighted by molar-refractivity contribution is -0.149. The molecule has 0 amide bonds. The van der Waals surface area contributed by atoms with Crippen LogP contribution in [0, 0.1) is 0 Å². The Morgan fingerprint density at radius 3 is 2.11 bits per heavy atom. The van der Waals surface area contributed by atoms with Crippen LogP contribution in [0.5, 0.6) is 34.5 Å². The van der Waals surface area contributed by atoms with Gasteiger partial charge in [0.1, 0.15) is 23.4 Å². The van der Waals surface area contributed by atoms with Crippen LogP contribution in [-0.2, 0) is 16.0 Å². The minimum Gasteiger partial charge on any atom is -0.496 e. The van der Waals surface area contributed by atoms with Crippen molar-refractivity contribution in [2.45, 2.75) is 18.6 Å². The van der Waals surface area contributed by atoms with Crippen molar-refractivity contribution in [1.29, 1.82) is 0 Å². The molecule has 3 aromatic rings. The lowest BCUT2D eigenvalue weighted by Crippen LogP contribution is -2.34. The molecule has 1 heterocycles. The van der Waals surface area contributed by atoms with E-state index in [1.165, 1.54) is 13.2 Å². The number of benzene rings is 3. The highest BCUT2D eigenvalue weighted by atomic mass is 16.6. The zero-order valence-corrected chi connectivity index (χ0v) is 21.5. The minimum atomic E-state index is -0.675. The van der Waals surface area contributed by atoms with Crippen molar-refractivity contribution in [3.05, 3.63) is 77.4 Å². The van der Waals surface area contributed by atoms with Crippen LogP contribution in [0.3, 0.4) is 0 Å². The fourth-order valence-corrected chi connectivity index (χ4v) is 4.29. The van der Waals surface area contributed by atoms with E-state index >= 15 is 0 Å². The van der Waals surface area contributed by atoms with Crippen LogP contribution in [0.25, 0.3) is 6.08 Å². The van der Waals surface area contributed by atoms with Crippen molar-refractivity contribution in [3.63, 3.8) is 0 Å². The van der Waals surface area contributed by atoms with E-state index in [1.54, 1.807) is 58.8 Å². The van der Waals surface area contributed by atoms with Gasteiger partial charge in [-0.3, -0.25) is 0 Å². The maximum atomic E-state index is 12.9. The Morgan fingerprint density at radius 1 is 0.838 bits per heavy atom. The Balaban J connectivity index is 1.74. The Bertz CT molecular complexity index is 1240. The van der Waals surface area contributed by atoms with Crippen molar-refractivity contribution in [3.8, 4) is 34.5 Å². The summed E-state index contributed by atoms with van der Waals surface area (Å²) in [6.45, 7) is 0. The van der Waals surface area contributed by atoms with E-state index < -0.39 is 18.2 Å². The monoisotopic (exact) mass is 506 g/mol. The van der Waals surface area contributed by atoms with Crippen LogP contribution in [0.2, 0.25) is 0 Å². The second kappa shape index (κ2) is 11.6. The first kappa shape index (κ1) is 25.8. The summed E-state index contributed by atoms with van der Waals surface area (Å²) in [5, 5.41) is 0. The highest BCUT2D eigenvalue weighted by Gasteiger charge is 2.37. The van der Waals surface area contributed by atoms with Crippen molar-refractivity contribution in [2.75, 3.05) is 35.5 Å². The molecular weight excluding hydrogens is 476 g/mol. The van der Waals surface area contributed by atoms with Crippen LogP contribution >= 0.6 is 0 Å². The normalized spacial score (nSPS) is 16.4. The molecular formula is C29H30O8. The molecule has 0 radical (unpaired) electrons. The number of carbonyl (C=O) groups excluding carboxylic acids is 1. The minimum absolute atomic E-state index is 0.356. The topological polar surface area (TPSA) is 81.7 Å². The smallest absolute Gasteiger partial charge is 0.331 e. The zero-order chi connectivity index (χ0) is 26.4. The third-order valence-electron chi connectivity index (χ3n) is 6.09. The van der Waals surface area contributed by atoms with Gasteiger partial charge in [-0.2, -0.15) is 0 Å². The summed E-state index contributed by atoms with van der Waals surface area (Å²) >= 11 is 0. The Labute approximate surface area is 216 Å². The maximum absolute atomic E-state index is 12.9. The van der Waals surface area contributed by atoms with E-state index in [1.807, 2.05) is 30.3 Å². The average molecular weight is 507 g/mol. The van der Waals surface area contributed by atoms with E-state index in [2.05, 4.69) is 0 Å². The van der Waals surface area contributed by atoms with Crippen LogP contribution < -0.4 is 28.4 Å². The number of hydrogen-bond donors (Lipinski definition) is 0. The van der Waals surface area contributed by atoms with Crippen LogP contribution in [0.4, 0.5) is 0 Å². The highest BCUT2D eigenvalue weighted by Crippen LogP contribution is 2.46. The number of ether oxygens (including phenoxy) is 7. The predicted octanol–water partition coefficient (Wildman–Crippen LogP) is 5.03. The van der Waals surface area contributed by atoms with Crippen molar-refractivity contribution in [1.82, 2.24) is 0 Å².